The first-order valence-electron chi connectivity index (χ1n) is 3.28. The molecule has 1 rings (SSSR count). The third-order valence-electron chi connectivity index (χ3n) is 1.44. The lowest BCUT2D eigenvalue weighted by atomic mass is 10.2. The van der Waals surface area contributed by atoms with Crippen LogP contribution in [-0.4, -0.2) is 13.0 Å². The summed E-state index contributed by atoms with van der Waals surface area (Å²) in [5.74, 6) is 0.330. The lowest BCUT2D eigenvalue weighted by molar-refractivity contribution is 0.1000. The van der Waals surface area contributed by atoms with Crippen molar-refractivity contribution in [1.29, 1.82) is 0 Å². The maximum atomic E-state index is 10.7. The lowest BCUT2D eigenvalue weighted by Crippen LogP contribution is -2.10. The first-order chi connectivity index (χ1) is 5.65. The van der Waals surface area contributed by atoms with Crippen LogP contribution in [0.4, 0.5) is 0 Å². The van der Waals surface area contributed by atoms with Crippen molar-refractivity contribution in [3.8, 4) is 5.75 Å². The summed E-state index contributed by atoms with van der Waals surface area (Å²) in [6.45, 7) is 0. The van der Waals surface area contributed by atoms with Crippen LogP contribution in [0.15, 0.2) is 18.2 Å². The number of amides is 1. The molecule has 0 atom stereocenters. The number of hydrogen-bond acceptors (Lipinski definition) is 2. The van der Waals surface area contributed by atoms with Crippen molar-refractivity contribution in [1.82, 2.24) is 0 Å². The van der Waals surface area contributed by atoms with Crippen LogP contribution in [0.2, 0.25) is 0 Å². The van der Waals surface area contributed by atoms with Crippen LogP contribution in [0, 0.1) is 3.57 Å². The summed E-state index contributed by atoms with van der Waals surface area (Å²) in [4.78, 5) is 10.7. The SMILES string of the molecule is COc1ccc(C(N)=O)cc1I. The molecule has 3 nitrogen and oxygen atoms in total. The van der Waals surface area contributed by atoms with Crippen molar-refractivity contribution in [2.45, 2.75) is 0 Å². The number of nitrogens with two attached hydrogens (primary N) is 1. The highest BCUT2D eigenvalue weighted by Gasteiger charge is 2.04. The van der Waals surface area contributed by atoms with Crippen LogP contribution in [-0.2, 0) is 0 Å². The quantitative estimate of drug-likeness (QED) is 0.831. The predicted molar refractivity (Wildman–Crippen MR) is 54.2 cm³/mol. The van der Waals surface area contributed by atoms with E-state index in [-0.39, 0.29) is 0 Å². The molecular weight excluding hydrogens is 269 g/mol. The minimum Gasteiger partial charge on any atom is -0.496 e. The molecule has 0 aliphatic carbocycles. The number of carbonyl (C=O) groups excluding carboxylic acids is 1. The maximum absolute atomic E-state index is 10.7. The zero-order valence-corrected chi connectivity index (χ0v) is 8.66. The lowest BCUT2D eigenvalue weighted by Gasteiger charge is -2.03. The van der Waals surface area contributed by atoms with Crippen molar-refractivity contribution in [2.75, 3.05) is 7.11 Å². The smallest absolute Gasteiger partial charge is 0.248 e. The van der Waals surface area contributed by atoms with Crippen LogP contribution in [0.25, 0.3) is 0 Å². The number of primary amides is 1. The highest BCUT2D eigenvalue weighted by molar-refractivity contribution is 14.1. The third kappa shape index (κ3) is 1.88. The van der Waals surface area contributed by atoms with Crippen LogP contribution in [0.3, 0.4) is 0 Å². The zero-order valence-electron chi connectivity index (χ0n) is 6.50. The Morgan fingerprint density at radius 2 is 2.25 bits per heavy atom. The molecule has 0 spiro atoms. The first kappa shape index (κ1) is 9.31. The minimum absolute atomic E-state index is 0.421. The second-order valence-electron chi connectivity index (χ2n) is 2.21. The Labute approximate surface area is 84.0 Å². The standard InChI is InChI=1S/C8H8INO2/c1-12-7-3-2-5(8(10)11)4-6(7)9/h2-4H,1H3,(H2,10,11). The van der Waals surface area contributed by atoms with E-state index in [2.05, 4.69) is 22.6 Å². The monoisotopic (exact) mass is 277 g/mol. The zero-order chi connectivity index (χ0) is 9.14. The maximum Gasteiger partial charge on any atom is 0.248 e. The van der Waals surface area contributed by atoms with Gasteiger partial charge in [0, 0.05) is 5.56 Å². The van der Waals surface area contributed by atoms with E-state index in [1.54, 1.807) is 25.3 Å². The van der Waals surface area contributed by atoms with Crippen LogP contribution >= 0.6 is 22.6 Å². The molecule has 1 aromatic rings. The van der Waals surface area contributed by atoms with Crippen molar-refractivity contribution in [2.24, 2.45) is 5.73 Å². The van der Waals surface area contributed by atoms with E-state index < -0.39 is 5.91 Å². The molecule has 1 aromatic carbocycles. The molecule has 0 aromatic heterocycles. The molecule has 12 heavy (non-hydrogen) atoms. The second-order valence-corrected chi connectivity index (χ2v) is 3.38. The van der Waals surface area contributed by atoms with Crippen molar-refractivity contribution in [3.63, 3.8) is 0 Å². The number of benzene rings is 1. The van der Waals surface area contributed by atoms with Crippen molar-refractivity contribution >= 4 is 28.5 Å². The second kappa shape index (κ2) is 3.75. The van der Waals surface area contributed by atoms with Crippen molar-refractivity contribution in [3.05, 3.63) is 27.3 Å². The normalized spacial score (nSPS) is 9.50. The fraction of sp³-hybridized carbons (Fsp3) is 0.125. The summed E-state index contributed by atoms with van der Waals surface area (Å²) in [6, 6.07) is 5.06. The average Bonchev–Trinajstić information content (AvgIpc) is 2.04. The fourth-order valence-corrected chi connectivity index (χ4v) is 1.56. The summed E-state index contributed by atoms with van der Waals surface area (Å²) in [6.07, 6.45) is 0. The van der Waals surface area contributed by atoms with Gasteiger partial charge in [0.25, 0.3) is 0 Å². The molecule has 0 aliphatic rings. The summed E-state index contributed by atoms with van der Waals surface area (Å²) >= 11 is 2.09. The predicted octanol–water partition coefficient (Wildman–Crippen LogP) is 1.40. The topological polar surface area (TPSA) is 52.3 Å². The van der Waals surface area contributed by atoms with Gasteiger partial charge in [0.05, 0.1) is 10.7 Å². The van der Waals surface area contributed by atoms with Gasteiger partial charge in [0.1, 0.15) is 5.75 Å². The highest BCUT2D eigenvalue weighted by Crippen LogP contribution is 2.21. The Hall–Kier alpha value is -0.780. The number of carbonyl (C=O) groups is 1. The van der Waals surface area contributed by atoms with E-state index in [9.17, 15) is 4.79 Å². The molecule has 0 fully saturated rings. The Morgan fingerprint density at radius 1 is 1.58 bits per heavy atom. The van der Waals surface area contributed by atoms with E-state index in [4.69, 9.17) is 10.5 Å². The molecule has 0 bridgehead atoms. The van der Waals surface area contributed by atoms with Crippen molar-refractivity contribution < 1.29 is 9.53 Å². The summed E-state index contributed by atoms with van der Waals surface area (Å²) < 4.78 is 5.90. The van der Waals surface area contributed by atoms with Gasteiger partial charge >= 0.3 is 0 Å². The molecular formula is C8H8INO2. The van der Waals surface area contributed by atoms with Gasteiger partial charge in [-0.25, -0.2) is 0 Å². The average molecular weight is 277 g/mol. The molecule has 1 amide bonds. The molecule has 0 unspecified atom stereocenters. The first-order valence-corrected chi connectivity index (χ1v) is 4.36. The Bertz CT molecular complexity index is 312. The van der Waals surface area contributed by atoms with E-state index in [0.29, 0.717) is 5.56 Å². The van der Waals surface area contributed by atoms with E-state index in [1.165, 1.54) is 0 Å². The van der Waals surface area contributed by atoms with Crippen LogP contribution in [0.5, 0.6) is 5.75 Å². The molecule has 64 valence electrons. The van der Waals surface area contributed by atoms with Gasteiger partial charge in [0.15, 0.2) is 0 Å². The Balaban J connectivity index is 3.10. The number of ether oxygens (including phenoxy) is 1. The van der Waals surface area contributed by atoms with Gasteiger partial charge in [-0.3, -0.25) is 4.79 Å². The summed E-state index contributed by atoms with van der Waals surface area (Å²) in [5, 5.41) is 0. The Kier molecular flexibility index (Phi) is 2.91. The molecule has 4 heteroatoms. The largest absolute Gasteiger partial charge is 0.496 e. The van der Waals surface area contributed by atoms with Crippen LogP contribution in [0.1, 0.15) is 10.4 Å². The van der Waals surface area contributed by atoms with Gasteiger partial charge in [-0.1, -0.05) is 0 Å². The minimum atomic E-state index is -0.421. The summed E-state index contributed by atoms with van der Waals surface area (Å²) in [7, 11) is 1.58. The third-order valence-corrected chi connectivity index (χ3v) is 2.28. The number of rotatable bonds is 2. The van der Waals surface area contributed by atoms with Gasteiger partial charge in [-0.15, -0.1) is 0 Å². The van der Waals surface area contributed by atoms with E-state index in [1.807, 2.05) is 0 Å². The Morgan fingerprint density at radius 3 is 2.67 bits per heavy atom. The molecule has 0 saturated carbocycles. The molecule has 0 heterocycles. The molecule has 0 saturated heterocycles. The van der Waals surface area contributed by atoms with E-state index >= 15 is 0 Å². The fourth-order valence-electron chi connectivity index (χ4n) is 0.820. The number of methoxy groups -OCH3 is 1. The van der Waals surface area contributed by atoms with Gasteiger partial charge in [-0.05, 0) is 40.8 Å². The molecule has 0 aliphatic heterocycles. The van der Waals surface area contributed by atoms with Gasteiger partial charge in [0.2, 0.25) is 5.91 Å². The van der Waals surface area contributed by atoms with E-state index in [0.717, 1.165) is 9.32 Å². The van der Waals surface area contributed by atoms with Gasteiger partial charge in [-0.2, -0.15) is 0 Å². The van der Waals surface area contributed by atoms with Gasteiger partial charge < -0.3 is 10.5 Å². The number of hydrogen-bond donors (Lipinski definition) is 1. The summed E-state index contributed by atoms with van der Waals surface area (Å²) in [5.41, 5.74) is 5.59. The molecule has 0 radical (unpaired) electrons. The van der Waals surface area contributed by atoms with Crippen LogP contribution < -0.4 is 10.5 Å². The highest BCUT2D eigenvalue weighted by atomic mass is 127. The molecule has 2 N–H and O–H groups in total. The number of halogens is 1.